The minimum Gasteiger partial charge on any atom is -0.330 e. The second-order valence-corrected chi connectivity index (χ2v) is 2.67. The Morgan fingerprint density at radius 1 is 1.64 bits per heavy atom. The monoisotopic (exact) mass is 153 g/mol. The predicted molar refractivity (Wildman–Crippen MR) is 45.3 cm³/mol. The van der Waals surface area contributed by atoms with Crippen molar-refractivity contribution < 1.29 is 0 Å². The normalized spacial score (nSPS) is 10.5. The van der Waals surface area contributed by atoms with Crippen LogP contribution in [0, 0.1) is 0 Å². The van der Waals surface area contributed by atoms with Crippen LogP contribution in [0.25, 0.3) is 0 Å². The lowest BCUT2D eigenvalue weighted by Gasteiger charge is -1.94. The van der Waals surface area contributed by atoms with Crippen molar-refractivity contribution >= 4 is 0 Å². The van der Waals surface area contributed by atoms with Gasteiger partial charge in [-0.05, 0) is 24.9 Å². The van der Waals surface area contributed by atoms with E-state index in [1.165, 1.54) is 11.3 Å². The molecule has 3 heteroatoms. The van der Waals surface area contributed by atoms with Crippen LogP contribution in [0.4, 0.5) is 0 Å². The summed E-state index contributed by atoms with van der Waals surface area (Å²) in [6.45, 7) is 2.82. The third-order valence-electron chi connectivity index (χ3n) is 1.74. The summed E-state index contributed by atoms with van der Waals surface area (Å²) in [6, 6.07) is 0. The van der Waals surface area contributed by atoms with E-state index in [2.05, 4.69) is 12.0 Å². The van der Waals surface area contributed by atoms with Gasteiger partial charge in [-0.1, -0.05) is 6.92 Å². The average Bonchev–Trinajstić information content (AvgIpc) is 2.32. The third kappa shape index (κ3) is 1.80. The van der Waals surface area contributed by atoms with Crippen LogP contribution in [0.15, 0.2) is 6.20 Å². The zero-order valence-electron chi connectivity index (χ0n) is 7.17. The molecule has 0 aliphatic carbocycles. The molecule has 0 radical (unpaired) electrons. The van der Waals surface area contributed by atoms with Crippen molar-refractivity contribution in [3.63, 3.8) is 0 Å². The van der Waals surface area contributed by atoms with Gasteiger partial charge >= 0.3 is 0 Å². The highest BCUT2D eigenvalue weighted by molar-refractivity contribution is 5.17. The van der Waals surface area contributed by atoms with Gasteiger partial charge in [-0.15, -0.1) is 0 Å². The lowest BCUT2D eigenvalue weighted by molar-refractivity contribution is 0.746. The number of aromatic nitrogens is 2. The van der Waals surface area contributed by atoms with Crippen molar-refractivity contribution in [3.8, 4) is 0 Å². The summed E-state index contributed by atoms with van der Waals surface area (Å²) in [4.78, 5) is 0. The fourth-order valence-corrected chi connectivity index (χ4v) is 1.25. The first kappa shape index (κ1) is 8.27. The van der Waals surface area contributed by atoms with Crippen molar-refractivity contribution in [2.75, 3.05) is 6.54 Å². The molecule has 0 aromatic carbocycles. The van der Waals surface area contributed by atoms with Gasteiger partial charge in [-0.25, -0.2) is 0 Å². The summed E-state index contributed by atoms with van der Waals surface area (Å²) in [5.41, 5.74) is 7.92. The molecule has 1 rings (SSSR count). The second kappa shape index (κ2) is 3.53. The van der Waals surface area contributed by atoms with Gasteiger partial charge in [0.25, 0.3) is 0 Å². The van der Waals surface area contributed by atoms with Gasteiger partial charge in [0, 0.05) is 13.2 Å². The summed E-state index contributed by atoms with van der Waals surface area (Å²) in [6.07, 6.45) is 3.98. The molecular formula is C8H15N3. The lowest BCUT2D eigenvalue weighted by Crippen LogP contribution is -2.03. The van der Waals surface area contributed by atoms with Crippen LogP contribution in [0.1, 0.15) is 18.2 Å². The van der Waals surface area contributed by atoms with Crippen molar-refractivity contribution in [1.82, 2.24) is 9.78 Å². The van der Waals surface area contributed by atoms with Gasteiger partial charge in [0.15, 0.2) is 0 Å². The minimum atomic E-state index is 0.707. The fraction of sp³-hybridized carbons (Fsp3) is 0.625. The molecule has 0 spiro atoms. The third-order valence-corrected chi connectivity index (χ3v) is 1.74. The molecular weight excluding hydrogens is 138 g/mol. The molecule has 0 aliphatic rings. The van der Waals surface area contributed by atoms with Crippen LogP contribution >= 0.6 is 0 Å². The zero-order valence-corrected chi connectivity index (χ0v) is 7.17. The number of rotatable bonds is 3. The molecule has 0 amide bonds. The van der Waals surface area contributed by atoms with E-state index in [0.717, 1.165) is 12.8 Å². The molecule has 1 aromatic rings. The van der Waals surface area contributed by atoms with E-state index in [1.807, 2.05) is 17.9 Å². The molecule has 0 saturated heterocycles. The summed E-state index contributed by atoms with van der Waals surface area (Å²) < 4.78 is 1.85. The Balaban J connectivity index is 2.83. The summed E-state index contributed by atoms with van der Waals surface area (Å²) >= 11 is 0. The molecule has 0 bridgehead atoms. The Kier molecular flexibility index (Phi) is 2.65. The molecule has 0 saturated carbocycles. The molecule has 1 heterocycles. The maximum atomic E-state index is 5.46. The standard InChI is InChI=1S/C8H15N3/c1-3-8-7(4-5-9)6-11(2)10-8/h6H,3-5,9H2,1-2H3. The molecule has 1 aromatic heterocycles. The SMILES string of the molecule is CCc1nn(C)cc1CCN. The molecule has 3 nitrogen and oxygen atoms in total. The maximum absolute atomic E-state index is 5.46. The minimum absolute atomic E-state index is 0.707. The Labute approximate surface area is 67.2 Å². The molecule has 0 unspecified atom stereocenters. The smallest absolute Gasteiger partial charge is 0.0654 e. The van der Waals surface area contributed by atoms with Crippen molar-refractivity contribution in [3.05, 3.63) is 17.5 Å². The van der Waals surface area contributed by atoms with Gasteiger partial charge in [0.2, 0.25) is 0 Å². The summed E-state index contributed by atoms with van der Waals surface area (Å²) in [5, 5.41) is 4.31. The van der Waals surface area contributed by atoms with E-state index in [0.29, 0.717) is 6.54 Å². The number of nitrogens with zero attached hydrogens (tertiary/aromatic N) is 2. The van der Waals surface area contributed by atoms with E-state index < -0.39 is 0 Å². The van der Waals surface area contributed by atoms with Crippen LogP contribution < -0.4 is 5.73 Å². The Morgan fingerprint density at radius 2 is 2.36 bits per heavy atom. The van der Waals surface area contributed by atoms with Gasteiger partial charge in [-0.2, -0.15) is 5.10 Å². The first-order chi connectivity index (χ1) is 5.27. The van der Waals surface area contributed by atoms with E-state index in [-0.39, 0.29) is 0 Å². The van der Waals surface area contributed by atoms with Crippen LogP contribution in [-0.2, 0) is 19.9 Å². The zero-order chi connectivity index (χ0) is 8.27. The largest absolute Gasteiger partial charge is 0.330 e. The van der Waals surface area contributed by atoms with E-state index in [9.17, 15) is 0 Å². The molecule has 11 heavy (non-hydrogen) atoms. The van der Waals surface area contributed by atoms with E-state index in [4.69, 9.17) is 5.73 Å². The first-order valence-corrected chi connectivity index (χ1v) is 3.99. The molecule has 0 aliphatic heterocycles. The highest BCUT2D eigenvalue weighted by Crippen LogP contribution is 2.06. The predicted octanol–water partition coefficient (Wildman–Crippen LogP) is 0.484. The van der Waals surface area contributed by atoms with Crippen molar-refractivity contribution in [1.29, 1.82) is 0 Å². The van der Waals surface area contributed by atoms with Gasteiger partial charge in [0.1, 0.15) is 0 Å². The van der Waals surface area contributed by atoms with Crippen LogP contribution in [0.5, 0.6) is 0 Å². The number of hydrogen-bond acceptors (Lipinski definition) is 2. The first-order valence-electron chi connectivity index (χ1n) is 3.99. The van der Waals surface area contributed by atoms with Crippen LogP contribution in [0.2, 0.25) is 0 Å². The molecule has 0 fully saturated rings. The summed E-state index contributed by atoms with van der Waals surface area (Å²) in [7, 11) is 1.94. The topological polar surface area (TPSA) is 43.8 Å². The lowest BCUT2D eigenvalue weighted by atomic mass is 10.1. The Morgan fingerprint density at radius 3 is 2.91 bits per heavy atom. The van der Waals surface area contributed by atoms with Crippen molar-refractivity contribution in [2.45, 2.75) is 19.8 Å². The van der Waals surface area contributed by atoms with Crippen LogP contribution in [0.3, 0.4) is 0 Å². The number of hydrogen-bond donors (Lipinski definition) is 1. The van der Waals surface area contributed by atoms with Crippen LogP contribution in [-0.4, -0.2) is 16.3 Å². The average molecular weight is 153 g/mol. The van der Waals surface area contributed by atoms with Crippen molar-refractivity contribution in [2.24, 2.45) is 12.8 Å². The summed E-state index contributed by atoms with van der Waals surface area (Å²) in [5.74, 6) is 0. The number of nitrogens with two attached hydrogens (primary N) is 1. The molecule has 62 valence electrons. The molecule has 2 N–H and O–H groups in total. The van der Waals surface area contributed by atoms with E-state index in [1.54, 1.807) is 0 Å². The Bertz CT molecular complexity index is 227. The molecule has 0 atom stereocenters. The van der Waals surface area contributed by atoms with Gasteiger partial charge in [-0.3, -0.25) is 4.68 Å². The second-order valence-electron chi connectivity index (χ2n) is 2.67. The maximum Gasteiger partial charge on any atom is 0.0654 e. The fourth-order valence-electron chi connectivity index (χ4n) is 1.25. The van der Waals surface area contributed by atoms with E-state index >= 15 is 0 Å². The van der Waals surface area contributed by atoms with Gasteiger partial charge < -0.3 is 5.73 Å². The number of aryl methyl sites for hydroxylation is 2. The Hall–Kier alpha value is -0.830. The quantitative estimate of drug-likeness (QED) is 0.686. The van der Waals surface area contributed by atoms with Gasteiger partial charge in [0.05, 0.1) is 5.69 Å². The highest BCUT2D eigenvalue weighted by atomic mass is 15.2. The highest BCUT2D eigenvalue weighted by Gasteiger charge is 2.03.